The zero-order valence-electron chi connectivity index (χ0n) is 15.5. The Morgan fingerprint density at radius 2 is 1.81 bits per heavy atom. The van der Waals surface area contributed by atoms with Crippen LogP contribution < -0.4 is 0 Å². The molecule has 1 amide bonds. The first-order valence-electron chi connectivity index (χ1n) is 8.52. The van der Waals surface area contributed by atoms with Crippen LogP contribution in [0.2, 0.25) is 0 Å². The highest BCUT2D eigenvalue weighted by Gasteiger charge is 2.41. The zero-order valence-corrected chi connectivity index (χ0v) is 17.0. The fraction of sp³-hybridized carbons (Fsp3) is 0.526. The number of ether oxygens (including phenoxy) is 2. The molecule has 2 unspecified atom stereocenters. The molecule has 0 N–H and O–H groups in total. The molecule has 0 radical (unpaired) electrons. The number of carbonyl (C=O) groups is 3. The summed E-state index contributed by atoms with van der Waals surface area (Å²) in [5.74, 6) is -0.714. The molecule has 1 aromatic carbocycles. The van der Waals surface area contributed by atoms with Crippen molar-refractivity contribution in [2.45, 2.75) is 45.8 Å². The van der Waals surface area contributed by atoms with Crippen LogP contribution in [0, 0.1) is 5.92 Å². The number of amides is 1. The molecule has 2 rings (SSSR count). The van der Waals surface area contributed by atoms with E-state index >= 15 is 0 Å². The number of halogens is 1. The summed E-state index contributed by atoms with van der Waals surface area (Å²) in [7, 11) is 0. The van der Waals surface area contributed by atoms with Gasteiger partial charge in [0, 0.05) is 16.6 Å². The smallest absolute Gasteiger partial charge is 0.411 e. The van der Waals surface area contributed by atoms with Gasteiger partial charge in [0.15, 0.2) is 12.4 Å². The van der Waals surface area contributed by atoms with E-state index in [0.29, 0.717) is 18.5 Å². The molecule has 0 aromatic heterocycles. The van der Waals surface area contributed by atoms with Crippen LogP contribution in [0.3, 0.4) is 0 Å². The summed E-state index contributed by atoms with van der Waals surface area (Å²) in [4.78, 5) is 38.3. The topological polar surface area (TPSA) is 72.9 Å². The zero-order chi connectivity index (χ0) is 19.5. The van der Waals surface area contributed by atoms with Crippen molar-refractivity contribution in [3.8, 4) is 0 Å². The van der Waals surface area contributed by atoms with Gasteiger partial charge >= 0.3 is 12.1 Å². The summed E-state index contributed by atoms with van der Waals surface area (Å²) < 4.78 is 11.4. The first-order valence-corrected chi connectivity index (χ1v) is 9.31. The van der Waals surface area contributed by atoms with E-state index in [-0.39, 0.29) is 18.3 Å². The molecular formula is C19H24BrNO5. The van der Waals surface area contributed by atoms with Crippen LogP contribution in [0.15, 0.2) is 28.7 Å². The van der Waals surface area contributed by atoms with E-state index in [2.05, 4.69) is 15.9 Å². The third-order valence-corrected chi connectivity index (χ3v) is 4.45. The third kappa shape index (κ3) is 5.56. The van der Waals surface area contributed by atoms with Crippen molar-refractivity contribution in [2.75, 3.05) is 13.2 Å². The molecule has 7 heteroatoms. The van der Waals surface area contributed by atoms with Gasteiger partial charge in [-0.2, -0.15) is 0 Å². The Morgan fingerprint density at radius 3 is 2.38 bits per heavy atom. The lowest BCUT2D eigenvalue weighted by Crippen LogP contribution is -2.44. The largest absolute Gasteiger partial charge is 0.456 e. The molecule has 1 aliphatic rings. The first kappa shape index (κ1) is 20.4. The van der Waals surface area contributed by atoms with Gasteiger partial charge in [0.1, 0.15) is 11.6 Å². The Morgan fingerprint density at radius 1 is 1.19 bits per heavy atom. The van der Waals surface area contributed by atoms with Gasteiger partial charge in [-0.15, -0.1) is 0 Å². The van der Waals surface area contributed by atoms with Crippen LogP contribution >= 0.6 is 15.9 Å². The van der Waals surface area contributed by atoms with E-state index in [4.69, 9.17) is 9.47 Å². The standard InChI is InChI=1S/C19H24BrNO5/c1-12-9-15(21(10-12)18(24)26-19(2,3)4)17(23)25-11-16(22)13-5-7-14(20)8-6-13/h5-8,12,15H,9-11H2,1-4H3. The second-order valence-electron chi connectivity index (χ2n) is 7.53. The number of hydrogen-bond donors (Lipinski definition) is 0. The molecule has 142 valence electrons. The van der Waals surface area contributed by atoms with Gasteiger partial charge < -0.3 is 9.47 Å². The van der Waals surface area contributed by atoms with Gasteiger partial charge in [-0.3, -0.25) is 9.69 Å². The van der Waals surface area contributed by atoms with E-state index in [0.717, 1.165) is 4.47 Å². The van der Waals surface area contributed by atoms with Crippen molar-refractivity contribution < 1.29 is 23.9 Å². The second-order valence-corrected chi connectivity index (χ2v) is 8.44. The van der Waals surface area contributed by atoms with Crippen LogP contribution in [0.5, 0.6) is 0 Å². The van der Waals surface area contributed by atoms with Gasteiger partial charge in [-0.05, 0) is 45.2 Å². The molecule has 1 heterocycles. The quantitative estimate of drug-likeness (QED) is 0.541. The Balaban J connectivity index is 1.97. The number of rotatable bonds is 4. The molecule has 26 heavy (non-hydrogen) atoms. The monoisotopic (exact) mass is 425 g/mol. The Hall–Kier alpha value is -1.89. The van der Waals surface area contributed by atoms with Crippen LogP contribution in [0.25, 0.3) is 0 Å². The predicted molar refractivity (Wildman–Crippen MR) is 99.9 cm³/mol. The lowest BCUT2D eigenvalue weighted by atomic mass is 10.1. The fourth-order valence-electron chi connectivity index (χ4n) is 2.74. The summed E-state index contributed by atoms with van der Waals surface area (Å²) in [5, 5.41) is 0. The minimum absolute atomic E-state index is 0.155. The molecule has 1 aliphatic heterocycles. The molecule has 0 bridgehead atoms. The van der Waals surface area contributed by atoms with Crippen LogP contribution in [-0.4, -0.2) is 47.5 Å². The fourth-order valence-corrected chi connectivity index (χ4v) is 3.01. The number of hydrogen-bond acceptors (Lipinski definition) is 5. The maximum absolute atomic E-state index is 12.4. The number of nitrogens with zero attached hydrogens (tertiary/aromatic N) is 1. The Bertz CT molecular complexity index is 680. The van der Waals surface area contributed by atoms with Crippen LogP contribution in [0.1, 0.15) is 44.5 Å². The normalized spacial score (nSPS) is 20.0. The van der Waals surface area contributed by atoms with Gasteiger partial charge in [-0.1, -0.05) is 35.0 Å². The van der Waals surface area contributed by atoms with E-state index in [1.54, 1.807) is 45.0 Å². The number of likely N-dealkylation sites (tertiary alicyclic amines) is 1. The minimum Gasteiger partial charge on any atom is -0.456 e. The number of Topliss-reactive ketones (excluding diaryl/α,β-unsaturated/α-hetero) is 1. The van der Waals surface area contributed by atoms with Crippen molar-refractivity contribution in [1.82, 2.24) is 4.90 Å². The lowest BCUT2D eigenvalue weighted by molar-refractivity contribution is -0.147. The average Bonchev–Trinajstić information content (AvgIpc) is 2.93. The van der Waals surface area contributed by atoms with Gasteiger partial charge in [0.25, 0.3) is 0 Å². The molecule has 2 atom stereocenters. The highest BCUT2D eigenvalue weighted by Crippen LogP contribution is 2.26. The molecule has 1 fully saturated rings. The molecule has 0 saturated carbocycles. The van der Waals surface area contributed by atoms with Crippen molar-refractivity contribution in [2.24, 2.45) is 5.92 Å². The highest BCUT2D eigenvalue weighted by atomic mass is 79.9. The highest BCUT2D eigenvalue weighted by molar-refractivity contribution is 9.10. The van der Waals surface area contributed by atoms with E-state index in [1.807, 2.05) is 6.92 Å². The summed E-state index contributed by atoms with van der Waals surface area (Å²) in [5.41, 5.74) is -0.181. The number of benzene rings is 1. The number of carbonyl (C=O) groups excluding carboxylic acids is 3. The molecule has 1 aromatic rings. The molecule has 0 aliphatic carbocycles. The van der Waals surface area contributed by atoms with Crippen molar-refractivity contribution in [1.29, 1.82) is 0 Å². The maximum Gasteiger partial charge on any atom is 0.411 e. The predicted octanol–water partition coefficient (Wildman–Crippen LogP) is 3.82. The third-order valence-electron chi connectivity index (χ3n) is 3.92. The van der Waals surface area contributed by atoms with Crippen LogP contribution in [-0.2, 0) is 14.3 Å². The minimum atomic E-state index is -0.724. The average molecular weight is 426 g/mol. The number of esters is 1. The van der Waals surface area contributed by atoms with Crippen molar-refractivity contribution >= 4 is 33.8 Å². The Labute approximate surface area is 162 Å². The Kier molecular flexibility index (Phi) is 6.44. The molecule has 1 saturated heterocycles. The lowest BCUT2D eigenvalue weighted by Gasteiger charge is -2.27. The van der Waals surface area contributed by atoms with Crippen molar-refractivity contribution in [3.63, 3.8) is 0 Å². The first-order chi connectivity index (χ1) is 12.1. The summed E-state index contributed by atoms with van der Waals surface area (Å²) in [6.45, 7) is 7.35. The molecule has 0 spiro atoms. The number of ketones is 1. The SMILES string of the molecule is CC1CC(C(=O)OCC(=O)c2ccc(Br)cc2)N(C(=O)OC(C)(C)C)C1. The van der Waals surface area contributed by atoms with Gasteiger partial charge in [0.05, 0.1) is 0 Å². The molecule has 6 nitrogen and oxygen atoms in total. The summed E-state index contributed by atoms with van der Waals surface area (Å²) in [6, 6.07) is 6.09. The van der Waals surface area contributed by atoms with Crippen LogP contribution in [0.4, 0.5) is 4.79 Å². The second kappa shape index (κ2) is 8.20. The maximum atomic E-state index is 12.4. The van der Waals surface area contributed by atoms with E-state index in [1.165, 1.54) is 4.90 Å². The summed E-state index contributed by atoms with van der Waals surface area (Å²) in [6.07, 6.45) is -0.0482. The van der Waals surface area contributed by atoms with Gasteiger partial charge in [0.2, 0.25) is 0 Å². The molecular weight excluding hydrogens is 402 g/mol. The summed E-state index contributed by atoms with van der Waals surface area (Å²) >= 11 is 3.30. The van der Waals surface area contributed by atoms with E-state index < -0.39 is 23.7 Å². The van der Waals surface area contributed by atoms with E-state index in [9.17, 15) is 14.4 Å². The van der Waals surface area contributed by atoms with Crippen molar-refractivity contribution in [3.05, 3.63) is 34.3 Å². The van der Waals surface area contributed by atoms with Gasteiger partial charge in [-0.25, -0.2) is 9.59 Å².